The predicted octanol–water partition coefficient (Wildman–Crippen LogP) is 2.83. The Labute approximate surface area is 115 Å². The maximum atomic E-state index is 12.5. The number of benzene rings is 1. The van der Waals surface area contributed by atoms with Crippen molar-refractivity contribution in [2.75, 3.05) is 30.3 Å². The maximum Gasteiger partial charge on any atom is 0.405 e. The van der Waals surface area contributed by atoms with Gasteiger partial charge in [0.2, 0.25) is 0 Å². The summed E-state index contributed by atoms with van der Waals surface area (Å²) in [5.74, 6) is -0.551. The average Bonchev–Trinajstić information content (AvgIpc) is 2.35. The summed E-state index contributed by atoms with van der Waals surface area (Å²) in [5.41, 5.74) is 6.31. The van der Waals surface area contributed by atoms with Gasteiger partial charge in [0.1, 0.15) is 6.54 Å². The molecule has 1 rings (SSSR count). The molecule has 0 radical (unpaired) electrons. The van der Waals surface area contributed by atoms with E-state index in [9.17, 15) is 18.0 Å². The molecule has 0 aliphatic carbocycles. The molecular formula is C13H17F3N2O2. The monoisotopic (exact) mass is 290 g/mol. The summed E-state index contributed by atoms with van der Waals surface area (Å²) in [6.07, 6.45) is -4.32. The smallest absolute Gasteiger partial charge is 0.405 e. The Morgan fingerprint density at radius 2 is 2.00 bits per heavy atom. The molecule has 7 heteroatoms. The summed E-state index contributed by atoms with van der Waals surface area (Å²) in [7, 11) is 0. The quantitative estimate of drug-likeness (QED) is 0.669. The first-order chi connectivity index (χ1) is 9.28. The van der Waals surface area contributed by atoms with Gasteiger partial charge in [-0.3, -0.25) is 0 Å². The predicted molar refractivity (Wildman–Crippen MR) is 70.8 cm³/mol. The van der Waals surface area contributed by atoms with E-state index in [0.29, 0.717) is 0 Å². The fourth-order valence-corrected chi connectivity index (χ4v) is 1.77. The van der Waals surface area contributed by atoms with Crippen molar-refractivity contribution in [1.82, 2.24) is 0 Å². The summed E-state index contributed by atoms with van der Waals surface area (Å²) in [4.78, 5) is 12.6. The van der Waals surface area contributed by atoms with E-state index in [1.54, 1.807) is 13.8 Å². The van der Waals surface area contributed by atoms with Crippen molar-refractivity contribution in [2.24, 2.45) is 0 Å². The van der Waals surface area contributed by atoms with E-state index in [0.717, 1.165) is 4.90 Å². The van der Waals surface area contributed by atoms with E-state index in [1.807, 2.05) is 0 Å². The van der Waals surface area contributed by atoms with Gasteiger partial charge >= 0.3 is 12.1 Å². The zero-order chi connectivity index (χ0) is 15.3. The van der Waals surface area contributed by atoms with Gasteiger partial charge in [-0.1, -0.05) is 0 Å². The number of nitrogen functional groups attached to an aromatic ring is 1. The van der Waals surface area contributed by atoms with Gasteiger partial charge < -0.3 is 15.4 Å². The van der Waals surface area contributed by atoms with E-state index in [4.69, 9.17) is 10.5 Å². The molecule has 2 N–H and O–H groups in total. The van der Waals surface area contributed by atoms with Crippen LogP contribution in [-0.4, -0.2) is 31.8 Å². The van der Waals surface area contributed by atoms with Crippen LogP contribution >= 0.6 is 0 Å². The molecule has 4 nitrogen and oxygen atoms in total. The van der Waals surface area contributed by atoms with E-state index < -0.39 is 18.7 Å². The van der Waals surface area contributed by atoms with Crippen molar-refractivity contribution < 1.29 is 22.7 Å². The zero-order valence-corrected chi connectivity index (χ0v) is 11.3. The molecule has 0 bridgehead atoms. The third-order valence-corrected chi connectivity index (χ3v) is 2.63. The van der Waals surface area contributed by atoms with Crippen LogP contribution in [0.5, 0.6) is 0 Å². The molecule has 0 spiro atoms. The normalized spacial score (nSPS) is 11.2. The van der Waals surface area contributed by atoms with Crippen LogP contribution in [0.1, 0.15) is 24.2 Å². The standard InChI is InChI=1S/C13H17F3N2O2/c1-3-18(8-13(14,15)16)11-6-5-9(7-10(11)17)12(19)20-4-2/h5-7H,3-4,8,17H2,1-2H3. The number of carbonyl (C=O) groups is 1. The van der Waals surface area contributed by atoms with E-state index in [2.05, 4.69) is 0 Å². The Hall–Kier alpha value is -1.92. The first-order valence-corrected chi connectivity index (χ1v) is 6.16. The lowest BCUT2D eigenvalue weighted by molar-refractivity contribution is -0.119. The fourth-order valence-electron chi connectivity index (χ4n) is 1.77. The van der Waals surface area contributed by atoms with E-state index >= 15 is 0 Å². The summed E-state index contributed by atoms with van der Waals surface area (Å²) in [5, 5.41) is 0. The number of hydrogen-bond donors (Lipinski definition) is 1. The lowest BCUT2D eigenvalue weighted by Gasteiger charge is -2.25. The van der Waals surface area contributed by atoms with Crippen molar-refractivity contribution in [1.29, 1.82) is 0 Å². The number of halogens is 3. The van der Waals surface area contributed by atoms with Gasteiger partial charge in [0, 0.05) is 6.54 Å². The number of carbonyl (C=O) groups excluding carboxylic acids is 1. The first-order valence-electron chi connectivity index (χ1n) is 6.16. The molecule has 20 heavy (non-hydrogen) atoms. The lowest BCUT2D eigenvalue weighted by atomic mass is 10.1. The van der Waals surface area contributed by atoms with Gasteiger partial charge in [0.05, 0.1) is 23.5 Å². The number of rotatable bonds is 5. The highest BCUT2D eigenvalue weighted by molar-refractivity contribution is 5.92. The van der Waals surface area contributed by atoms with Gasteiger partial charge in [0.15, 0.2) is 0 Å². The second-order valence-electron chi connectivity index (χ2n) is 4.12. The molecule has 0 atom stereocenters. The Balaban J connectivity index is 2.99. The van der Waals surface area contributed by atoms with Crippen LogP contribution in [0.2, 0.25) is 0 Å². The summed E-state index contributed by atoms with van der Waals surface area (Å²) < 4.78 is 42.2. The summed E-state index contributed by atoms with van der Waals surface area (Å²) in [6.45, 7) is 2.55. The van der Waals surface area contributed by atoms with Crippen LogP contribution in [0.15, 0.2) is 18.2 Å². The number of ether oxygens (including phenoxy) is 1. The highest BCUT2D eigenvalue weighted by atomic mass is 19.4. The number of nitrogens with two attached hydrogens (primary N) is 1. The van der Waals surface area contributed by atoms with Crippen LogP contribution in [0.4, 0.5) is 24.5 Å². The number of alkyl halides is 3. The minimum Gasteiger partial charge on any atom is -0.462 e. The molecule has 112 valence electrons. The number of anilines is 2. The van der Waals surface area contributed by atoms with Gasteiger partial charge in [-0.25, -0.2) is 4.79 Å². The number of nitrogens with zero attached hydrogens (tertiary/aromatic N) is 1. The van der Waals surface area contributed by atoms with Crippen molar-refractivity contribution in [3.05, 3.63) is 23.8 Å². The molecule has 1 aromatic carbocycles. The second kappa shape index (κ2) is 6.49. The Morgan fingerprint density at radius 3 is 2.45 bits per heavy atom. The van der Waals surface area contributed by atoms with E-state index in [-0.39, 0.29) is 30.1 Å². The average molecular weight is 290 g/mol. The molecule has 1 aromatic rings. The van der Waals surface area contributed by atoms with Gasteiger partial charge in [-0.15, -0.1) is 0 Å². The third kappa shape index (κ3) is 4.32. The van der Waals surface area contributed by atoms with Gasteiger partial charge in [0.25, 0.3) is 0 Å². The van der Waals surface area contributed by atoms with Crippen LogP contribution in [0.25, 0.3) is 0 Å². The summed E-state index contributed by atoms with van der Waals surface area (Å²) >= 11 is 0. The Morgan fingerprint density at radius 1 is 1.35 bits per heavy atom. The molecule has 0 saturated carbocycles. The second-order valence-corrected chi connectivity index (χ2v) is 4.12. The van der Waals surface area contributed by atoms with Crippen LogP contribution in [0.3, 0.4) is 0 Å². The van der Waals surface area contributed by atoms with Gasteiger partial charge in [-0.2, -0.15) is 13.2 Å². The topological polar surface area (TPSA) is 55.6 Å². The molecule has 0 aromatic heterocycles. The molecule has 0 amide bonds. The minimum atomic E-state index is -4.32. The molecule has 0 saturated heterocycles. The SMILES string of the molecule is CCOC(=O)c1ccc(N(CC)CC(F)(F)F)c(N)c1. The molecule has 0 heterocycles. The highest BCUT2D eigenvalue weighted by Gasteiger charge is 2.31. The lowest BCUT2D eigenvalue weighted by Crippen LogP contribution is -2.34. The number of esters is 1. The number of hydrogen-bond acceptors (Lipinski definition) is 4. The Kier molecular flexibility index (Phi) is 5.24. The third-order valence-electron chi connectivity index (χ3n) is 2.63. The van der Waals surface area contributed by atoms with Crippen LogP contribution < -0.4 is 10.6 Å². The van der Waals surface area contributed by atoms with Gasteiger partial charge in [-0.05, 0) is 32.0 Å². The molecule has 0 aliphatic heterocycles. The molecule has 0 unspecified atom stereocenters. The highest BCUT2D eigenvalue weighted by Crippen LogP contribution is 2.28. The summed E-state index contributed by atoms with van der Waals surface area (Å²) in [6, 6.07) is 4.13. The molecule has 0 aliphatic rings. The van der Waals surface area contributed by atoms with Crippen molar-refractivity contribution >= 4 is 17.3 Å². The largest absolute Gasteiger partial charge is 0.462 e. The van der Waals surface area contributed by atoms with E-state index in [1.165, 1.54) is 18.2 Å². The minimum absolute atomic E-state index is 0.113. The Bertz CT molecular complexity index is 475. The van der Waals surface area contributed by atoms with Crippen molar-refractivity contribution in [2.45, 2.75) is 20.0 Å². The van der Waals surface area contributed by atoms with Crippen molar-refractivity contribution in [3.8, 4) is 0 Å². The zero-order valence-electron chi connectivity index (χ0n) is 11.3. The molecule has 0 fully saturated rings. The maximum absolute atomic E-state index is 12.5. The fraction of sp³-hybridized carbons (Fsp3) is 0.462. The molecular weight excluding hydrogens is 273 g/mol. The van der Waals surface area contributed by atoms with Crippen LogP contribution in [-0.2, 0) is 4.74 Å². The van der Waals surface area contributed by atoms with Crippen molar-refractivity contribution in [3.63, 3.8) is 0 Å². The first kappa shape index (κ1) is 16.1. The van der Waals surface area contributed by atoms with Crippen LogP contribution in [0, 0.1) is 0 Å².